The van der Waals surface area contributed by atoms with Crippen molar-refractivity contribution in [2.75, 3.05) is 12.4 Å². The second-order valence-corrected chi connectivity index (χ2v) is 7.14. The van der Waals surface area contributed by atoms with Gasteiger partial charge in [-0.05, 0) is 36.8 Å². The highest BCUT2D eigenvalue weighted by Gasteiger charge is 2.14. The van der Waals surface area contributed by atoms with Gasteiger partial charge in [0.25, 0.3) is 5.22 Å². The summed E-state index contributed by atoms with van der Waals surface area (Å²) in [4.78, 5) is 0. The SMILES string of the molecule is C[C@H](OC[C@@H](O)CSc1nnc(-c2ccccc2)o1)c1ccc(Cl)cc1. The van der Waals surface area contributed by atoms with Crippen molar-refractivity contribution < 1.29 is 14.3 Å². The van der Waals surface area contributed by atoms with Gasteiger partial charge in [-0.2, -0.15) is 0 Å². The van der Waals surface area contributed by atoms with Crippen molar-refractivity contribution >= 4 is 23.4 Å². The van der Waals surface area contributed by atoms with E-state index in [2.05, 4.69) is 10.2 Å². The summed E-state index contributed by atoms with van der Waals surface area (Å²) in [6, 6.07) is 17.0. The Morgan fingerprint density at radius 2 is 1.85 bits per heavy atom. The molecule has 0 amide bonds. The zero-order valence-electron chi connectivity index (χ0n) is 14.2. The third-order valence-electron chi connectivity index (χ3n) is 3.70. The summed E-state index contributed by atoms with van der Waals surface area (Å²) in [5, 5.41) is 19.3. The van der Waals surface area contributed by atoms with Crippen LogP contribution in [0.2, 0.25) is 5.02 Å². The number of ether oxygens (including phenoxy) is 1. The Hall–Kier alpha value is -1.86. The van der Waals surface area contributed by atoms with E-state index in [1.54, 1.807) is 0 Å². The van der Waals surface area contributed by atoms with Crippen LogP contribution in [0.4, 0.5) is 0 Å². The molecule has 0 bridgehead atoms. The first-order valence-electron chi connectivity index (χ1n) is 8.18. The number of benzene rings is 2. The van der Waals surface area contributed by atoms with Crippen LogP contribution >= 0.6 is 23.4 Å². The van der Waals surface area contributed by atoms with Crippen molar-refractivity contribution in [2.45, 2.75) is 24.4 Å². The first-order chi connectivity index (χ1) is 12.6. The molecule has 1 aromatic heterocycles. The molecule has 0 aliphatic heterocycles. The molecule has 0 spiro atoms. The van der Waals surface area contributed by atoms with E-state index in [9.17, 15) is 5.11 Å². The molecule has 3 aromatic rings. The predicted molar refractivity (Wildman–Crippen MR) is 102 cm³/mol. The molecule has 1 N–H and O–H groups in total. The van der Waals surface area contributed by atoms with E-state index in [-0.39, 0.29) is 12.7 Å². The van der Waals surface area contributed by atoms with Crippen molar-refractivity contribution in [3.8, 4) is 11.5 Å². The van der Waals surface area contributed by atoms with Crippen LogP contribution in [0.5, 0.6) is 0 Å². The average molecular weight is 391 g/mol. The van der Waals surface area contributed by atoms with Gasteiger partial charge >= 0.3 is 0 Å². The molecule has 0 saturated heterocycles. The second-order valence-electron chi connectivity index (χ2n) is 5.73. The molecular formula is C19H19ClN2O3S. The average Bonchev–Trinajstić information content (AvgIpc) is 3.15. The van der Waals surface area contributed by atoms with Crippen LogP contribution in [0.3, 0.4) is 0 Å². The van der Waals surface area contributed by atoms with E-state index in [1.807, 2.05) is 61.5 Å². The van der Waals surface area contributed by atoms with Crippen molar-refractivity contribution in [3.63, 3.8) is 0 Å². The van der Waals surface area contributed by atoms with Gasteiger partial charge < -0.3 is 14.3 Å². The Balaban J connectivity index is 1.45. The molecule has 3 rings (SSSR count). The van der Waals surface area contributed by atoms with E-state index in [4.69, 9.17) is 20.8 Å². The Labute approximate surface area is 161 Å². The van der Waals surface area contributed by atoms with Crippen LogP contribution in [0, 0.1) is 0 Å². The van der Waals surface area contributed by atoms with Gasteiger partial charge in [-0.25, -0.2) is 0 Å². The molecule has 0 saturated carbocycles. The molecule has 136 valence electrons. The third kappa shape index (κ3) is 5.32. The topological polar surface area (TPSA) is 68.4 Å². The fourth-order valence-corrected chi connectivity index (χ4v) is 3.06. The lowest BCUT2D eigenvalue weighted by molar-refractivity contribution is 0.00618. The zero-order valence-corrected chi connectivity index (χ0v) is 15.8. The van der Waals surface area contributed by atoms with E-state index < -0.39 is 6.10 Å². The molecule has 0 aliphatic carbocycles. The first-order valence-corrected chi connectivity index (χ1v) is 9.55. The molecular weight excluding hydrogens is 372 g/mol. The maximum absolute atomic E-state index is 10.1. The fraction of sp³-hybridized carbons (Fsp3) is 0.263. The number of rotatable bonds is 8. The lowest BCUT2D eigenvalue weighted by Gasteiger charge is -2.16. The Bertz CT molecular complexity index is 811. The highest BCUT2D eigenvalue weighted by Crippen LogP contribution is 2.24. The van der Waals surface area contributed by atoms with Crippen molar-refractivity contribution in [3.05, 3.63) is 65.2 Å². The lowest BCUT2D eigenvalue weighted by atomic mass is 10.1. The molecule has 1 heterocycles. The van der Waals surface area contributed by atoms with Crippen LogP contribution in [-0.4, -0.2) is 33.8 Å². The molecule has 2 atom stereocenters. The molecule has 2 aromatic carbocycles. The largest absolute Gasteiger partial charge is 0.411 e. The minimum Gasteiger partial charge on any atom is -0.411 e. The maximum Gasteiger partial charge on any atom is 0.276 e. The molecule has 0 radical (unpaired) electrons. The highest BCUT2D eigenvalue weighted by molar-refractivity contribution is 7.99. The van der Waals surface area contributed by atoms with Crippen LogP contribution in [0.1, 0.15) is 18.6 Å². The van der Waals surface area contributed by atoms with Crippen molar-refractivity contribution in [1.29, 1.82) is 0 Å². The molecule has 0 fully saturated rings. The number of hydrogen-bond acceptors (Lipinski definition) is 6. The van der Waals surface area contributed by atoms with Crippen molar-refractivity contribution in [1.82, 2.24) is 10.2 Å². The summed E-state index contributed by atoms with van der Waals surface area (Å²) < 4.78 is 11.3. The lowest BCUT2D eigenvalue weighted by Crippen LogP contribution is -2.19. The highest BCUT2D eigenvalue weighted by atomic mass is 35.5. The number of aliphatic hydroxyl groups is 1. The van der Waals surface area contributed by atoms with Gasteiger partial charge in [0.15, 0.2) is 0 Å². The van der Waals surface area contributed by atoms with Gasteiger partial charge in [-0.15, -0.1) is 10.2 Å². The van der Waals surface area contributed by atoms with Gasteiger partial charge in [0.2, 0.25) is 5.89 Å². The van der Waals surface area contributed by atoms with Crippen LogP contribution in [-0.2, 0) is 4.74 Å². The number of halogens is 1. The van der Waals surface area contributed by atoms with Gasteiger partial charge in [-0.3, -0.25) is 0 Å². The molecule has 26 heavy (non-hydrogen) atoms. The summed E-state index contributed by atoms with van der Waals surface area (Å²) >= 11 is 7.19. The summed E-state index contributed by atoms with van der Waals surface area (Å²) in [7, 11) is 0. The number of nitrogens with zero attached hydrogens (tertiary/aromatic N) is 2. The number of thioether (sulfide) groups is 1. The summed E-state index contributed by atoms with van der Waals surface area (Å²) in [6.07, 6.45) is -0.762. The minimum absolute atomic E-state index is 0.125. The summed E-state index contributed by atoms with van der Waals surface area (Å²) in [6.45, 7) is 2.16. The van der Waals surface area contributed by atoms with Gasteiger partial charge in [0.05, 0.1) is 18.8 Å². The fourth-order valence-electron chi connectivity index (χ4n) is 2.27. The van der Waals surface area contributed by atoms with Crippen LogP contribution in [0.25, 0.3) is 11.5 Å². The Morgan fingerprint density at radius 3 is 2.58 bits per heavy atom. The third-order valence-corrected chi connectivity index (χ3v) is 4.92. The number of hydrogen-bond donors (Lipinski definition) is 1. The summed E-state index contributed by atoms with van der Waals surface area (Å²) in [5.74, 6) is 0.874. The van der Waals surface area contributed by atoms with Gasteiger partial charge in [-0.1, -0.05) is 53.7 Å². The number of aromatic nitrogens is 2. The zero-order chi connectivity index (χ0) is 18.4. The van der Waals surface area contributed by atoms with E-state index in [0.717, 1.165) is 11.1 Å². The van der Waals surface area contributed by atoms with Crippen LogP contribution in [0.15, 0.2) is 64.2 Å². The van der Waals surface area contributed by atoms with E-state index >= 15 is 0 Å². The maximum atomic E-state index is 10.1. The van der Waals surface area contributed by atoms with Crippen molar-refractivity contribution in [2.24, 2.45) is 0 Å². The molecule has 5 nitrogen and oxygen atoms in total. The number of aliphatic hydroxyl groups excluding tert-OH is 1. The van der Waals surface area contributed by atoms with Gasteiger partial charge in [0.1, 0.15) is 0 Å². The smallest absolute Gasteiger partial charge is 0.276 e. The van der Waals surface area contributed by atoms with E-state index in [0.29, 0.717) is 21.9 Å². The van der Waals surface area contributed by atoms with Gasteiger partial charge in [0, 0.05) is 16.3 Å². The normalized spacial score (nSPS) is 13.5. The summed E-state index contributed by atoms with van der Waals surface area (Å²) in [5.41, 5.74) is 1.88. The molecule has 0 unspecified atom stereocenters. The first kappa shape index (κ1) is 18.9. The molecule has 7 heteroatoms. The van der Waals surface area contributed by atoms with Crippen LogP contribution < -0.4 is 0 Å². The second kappa shape index (κ2) is 9.19. The predicted octanol–water partition coefficient (Wildman–Crippen LogP) is 4.62. The molecule has 0 aliphatic rings. The minimum atomic E-state index is -0.637. The van der Waals surface area contributed by atoms with E-state index in [1.165, 1.54) is 11.8 Å². The monoisotopic (exact) mass is 390 g/mol. The Kier molecular flexibility index (Phi) is 6.68. The standard InChI is InChI=1S/C19H19ClN2O3S/c1-13(14-7-9-16(20)10-8-14)24-11-17(23)12-26-19-22-21-18(25-19)15-5-3-2-4-6-15/h2-10,13,17,23H,11-12H2,1H3/t13-,17+/m0/s1. The Morgan fingerprint density at radius 1 is 1.12 bits per heavy atom. The quantitative estimate of drug-likeness (QED) is 0.566.